The van der Waals surface area contributed by atoms with Crippen molar-refractivity contribution in [3.63, 3.8) is 0 Å². The molecule has 0 aliphatic heterocycles. The van der Waals surface area contributed by atoms with Crippen LogP contribution in [0.25, 0.3) is 0 Å². The van der Waals surface area contributed by atoms with Crippen molar-refractivity contribution in [1.82, 2.24) is 5.32 Å². The number of halogens is 1. The first-order chi connectivity index (χ1) is 9.67. The Hall–Kier alpha value is -1.62. The van der Waals surface area contributed by atoms with E-state index in [0.29, 0.717) is 24.2 Å². The summed E-state index contributed by atoms with van der Waals surface area (Å²) in [5.74, 6) is -0.157. The molecule has 0 bridgehead atoms. The van der Waals surface area contributed by atoms with Gasteiger partial charge in [0, 0.05) is 29.5 Å². The predicted molar refractivity (Wildman–Crippen MR) is 85.2 cm³/mol. The molecule has 0 aliphatic rings. The number of hydrogen-bond donors (Lipinski definition) is 2. The molecule has 0 aromatic heterocycles. The van der Waals surface area contributed by atoms with Gasteiger partial charge in [0.2, 0.25) is 5.91 Å². The van der Waals surface area contributed by atoms with Gasteiger partial charge in [-0.2, -0.15) is 0 Å². The molecule has 108 valence electrons. The number of carbonyl (C=O) groups excluding carboxylic acids is 2. The Morgan fingerprint density at radius 3 is 2.50 bits per heavy atom. The van der Waals surface area contributed by atoms with E-state index < -0.39 is 0 Å². The molecule has 0 saturated heterocycles. The molecule has 4 nitrogen and oxygen atoms in total. The van der Waals surface area contributed by atoms with Crippen molar-refractivity contribution in [1.29, 1.82) is 0 Å². The first-order valence-corrected chi connectivity index (χ1v) is 7.64. The topological polar surface area (TPSA) is 58.2 Å². The van der Waals surface area contributed by atoms with Crippen molar-refractivity contribution in [2.45, 2.75) is 19.3 Å². The lowest BCUT2D eigenvalue weighted by molar-refractivity contribution is -0.116. The van der Waals surface area contributed by atoms with Crippen molar-refractivity contribution in [2.24, 2.45) is 0 Å². The lowest BCUT2D eigenvalue weighted by Gasteiger charge is -2.06. The summed E-state index contributed by atoms with van der Waals surface area (Å²) in [4.78, 5) is 23.3. The zero-order valence-electron chi connectivity index (χ0n) is 11.3. The van der Waals surface area contributed by atoms with Crippen LogP contribution in [-0.4, -0.2) is 23.7 Å². The minimum atomic E-state index is -0.153. The number of alkyl halides is 1. The smallest absolute Gasteiger partial charge is 0.251 e. The number of rotatable bonds is 8. The van der Waals surface area contributed by atoms with Gasteiger partial charge in [0.1, 0.15) is 0 Å². The highest BCUT2D eigenvalue weighted by atomic mass is 79.9. The molecule has 0 spiro atoms. The second kappa shape index (κ2) is 9.31. The number of hydrogen-bond acceptors (Lipinski definition) is 2. The number of unbranched alkanes of at least 4 members (excludes halogenated alkanes) is 1. The van der Waals surface area contributed by atoms with Crippen LogP contribution in [0.3, 0.4) is 0 Å². The Balaban J connectivity index is 2.47. The SMILES string of the molecule is C=CCNC(=O)c1ccc(NC(=O)CCCCBr)cc1. The molecule has 1 rings (SSSR count). The molecule has 0 saturated carbocycles. The molecular weight excluding hydrogens is 320 g/mol. The van der Waals surface area contributed by atoms with Crippen LogP contribution in [0.15, 0.2) is 36.9 Å². The van der Waals surface area contributed by atoms with E-state index in [9.17, 15) is 9.59 Å². The van der Waals surface area contributed by atoms with Crippen LogP contribution in [0, 0.1) is 0 Å². The fourth-order valence-electron chi connectivity index (χ4n) is 1.58. The van der Waals surface area contributed by atoms with Crippen LogP contribution in [-0.2, 0) is 4.79 Å². The number of nitrogens with one attached hydrogen (secondary N) is 2. The van der Waals surface area contributed by atoms with Crippen molar-refractivity contribution in [2.75, 3.05) is 17.2 Å². The highest BCUT2D eigenvalue weighted by molar-refractivity contribution is 9.09. The van der Waals surface area contributed by atoms with E-state index in [1.165, 1.54) is 0 Å². The Bertz CT molecular complexity index is 457. The van der Waals surface area contributed by atoms with Crippen molar-refractivity contribution >= 4 is 33.4 Å². The maximum absolute atomic E-state index is 11.7. The number of amides is 2. The van der Waals surface area contributed by atoms with Gasteiger partial charge in [-0.3, -0.25) is 9.59 Å². The van der Waals surface area contributed by atoms with Crippen molar-refractivity contribution in [3.8, 4) is 0 Å². The van der Waals surface area contributed by atoms with Gasteiger partial charge in [0.15, 0.2) is 0 Å². The lowest BCUT2D eigenvalue weighted by atomic mass is 10.2. The van der Waals surface area contributed by atoms with Gasteiger partial charge in [-0.15, -0.1) is 6.58 Å². The standard InChI is InChI=1S/C15H19BrN2O2/c1-2-11-17-15(20)12-6-8-13(9-7-12)18-14(19)5-3-4-10-16/h2,6-9H,1,3-5,10-11H2,(H,17,20)(H,18,19). The second-order valence-corrected chi connectivity index (χ2v) is 5.06. The van der Waals surface area contributed by atoms with Gasteiger partial charge in [-0.05, 0) is 37.1 Å². The predicted octanol–water partition coefficient (Wildman–Crippen LogP) is 3.11. The molecule has 0 fully saturated rings. The molecular formula is C15H19BrN2O2. The molecule has 0 heterocycles. The third-order valence-electron chi connectivity index (χ3n) is 2.63. The molecule has 0 atom stereocenters. The molecule has 2 N–H and O–H groups in total. The van der Waals surface area contributed by atoms with E-state index >= 15 is 0 Å². The van der Waals surface area contributed by atoms with E-state index in [1.807, 2.05) is 0 Å². The molecule has 5 heteroatoms. The highest BCUT2D eigenvalue weighted by Crippen LogP contribution is 2.10. The fraction of sp³-hybridized carbons (Fsp3) is 0.333. The van der Waals surface area contributed by atoms with Gasteiger partial charge < -0.3 is 10.6 Å². The molecule has 0 radical (unpaired) electrons. The summed E-state index contributed by atoms with van der Waals surface area (Å²) in [5, 5.41) is 6.41. The normalized spacial score (nSPS) is 9.85. The Kier molecular flexibility index (Phi) is 7.65. The van der Waals surface area contributed by atoms with Crippen LogP contribution in [0.2, 0.25) is 0 Å². The average Bonchev–Trinajstić information content (AvgIpc) is 2.46. The molecule has 0 aliphatic carbocycles. The highest BCUT2D eigenvalue weighted by Gasteiger charge is 2.05. The summed E-state index contributed by atoms with van der Waals surface area (Å²) in [6.45, 7) is 3.97. The minimum Gasteiger partial charge on any atom is -0.349 e. The number of carbonyl (C=O) groups is 2. The molecule has 20 heavy (non-hydrogen) atoms. The minimum absolute atomic E-state index is 0.00481. The zero-order chi connectivity index (χ0) is 14.8. The molecule has 0 unspecified atom stereocenters. The van der Waals surface area contributed by atoms with Crippen LogP contribution < -0.4 is 10.6 Å². The largest absolute Gasteiger partial charge is 0.349 e. The summed E-state index contributed by atoms with van der Waals surface area (Å²) in [5.41, 5.74) is 1.26. The maximum atomic E-state index is 11.7. The molecule has 1 aromatic rings. The van der Waals surface area contributed by atoms with Crippen LogP contribution in [0.1, 0.15) is 29.6 Å². The van der Waals surface area contributed by atoms with Crippen LogP contribution in [0.5, 0.6) is 0 Å². The second-order valence-electron chi connectivity index (χ2n) is 4.27. The van der Waals surface area contributed by atoms with E-state index in [1.54, 1.807) is 30.3 Å². The quantitative estimate of drug-likeness (QED) is 0.434. The van der Waals surface area contributed by atoms with Crippen LogP contribution >= 0.6 is 15.9 Å². The first-order valence-electron chi connectivity index (χ1n) is 6.52. The summed E-state index contributed by atoms with van der Waals surface area (Å²) in [6.07, 6.45) is 3.97. The van der Waals surface area contributed by atoms with Gasteiger partial charge in [0.05, 0.1) is 0 Å². The summed E-state index contributed by atoms with van der Waals surface area (Å²) >= 11 is 3.33. The summed E-state index contributed by atoms with van der Waals surface area (Å²) in [7, 11) is 0. The van der Waals surface area contributed by atoms with Crippen LogP contribution in [0.4, 0.5) is 5.69 Å². The van der Waals surface area contributed by atoms with Gasteiger partial charge >= 0.3 is 0 Å². The van der Waals surface area contributed by atoms with E-state index in [2.05, 4.69) is 33.1 Å². The Labute approximate surface area is 127 Å². The Morgan fingerprint density at radius 2 is 1.90 bits per heavy atom. The maximum Gasteiger partial charge on any atom is 0.251 e. The van der Waals surface area contributed by atoms with Crippen molar-refractivity contribution < 1.29 is 9.59 Å². The van der Waals surface area contributed by atoms with Crippen molar-refractivity contribution in [3.05, 3.63) is 42.5 Å². The summed E-state index contributed by atoms with van der Waals surface area (Å²) in [6, 6.07) is 6.83. The monoisotopic (exact) mass is 338 g/mol. The average molecular weight is 339 g/mol. The summed E-state index contributed by atoms with van der Waals surface area (Å²) < 4.78 is 0. The Morgan fingerprint density at radius 1 is 1.20 bits per heavy atom. The van der Waals surface area contributed by atoms with Gasteiger partial charge in [-0.25, -0.2) is 0 Å². The third-order valence-corrected chi connectivity index (χ3v) is 3.19. The molecule has 1 aromatic carbocycles. The molecule has 2 amide bonds. The number of anilines is 1. The van der Waals surface area contributed by atoms with Gasteiger partial charge in [-0.1, -0.05) is 22.0 Å². The lowest BCUT2D eigenvalue weighted by Crippen LogP contribution is -2.23. The van der Waals surface area contributed by atoms with E-state index in [0.717, 1.165) is 18.2 Å². The van der Waals surface area contributed by atoms with Gasteiger partial charge in [0.25, 0.3) is 5.91 Å². The zero-order valence-corrected chi connectivity index (χ0v) is 12.9. The van der Waals surface area contributed by atoms with E-state index in [-0.39, 0.29) is 11.8 Å². The number of benzene rings is 1. The van der Waals surface area contributed by atoms with E-state index in [4.69, 9.17) is 0 Å². The first kappa shape index (κ1) is 16.4. The third kappa shape index (κ3) is 6.02. The fourth-order valence-corrected chi connectivity index (χ4v) is 1.97.